The number of hydrogen-bond donors (Lipinski definition) is 2. The van der Waals surface area contributed by atoms with E-state index in [9.17, 15) is 9.90 Å². The van der Waals surface area contributed by atoms with Crippen LogP contribution < -0.4 is 5.32 Å². The molecule has 1 fully saturated rings. The topological polar surface area (TPSA) is 52.6 Å². The third-order valence-corrected chi connectivity index (χ3v) is 3.82. The van der Waals surface area contributed by atoms with Gasteiger partial charge in [0.2, 0.25) is 5.91 Å². The normalized spacial score (nSPS) is 15.6. The highest BCUT2D eigenvalue weighted by molar-refractivity contribution is 5.94. The van der Waals surface area contributed by atoms with Gasteiger partial charge in [-0.1, -0.05) is 18.2 Å². The van der Waals surface area contributed by atoms with Gasteiger partial charge in [-0.05, 0) is 25.5 Å². The van der Waals surface area contributed by atoms with Gasteiger partial charge in [-0.3, -0.25) is 4.79 Å². The van der Waals surface area contributed by atoms with E-state index in [1.54, 1.807) is 24.1 Å². The van der Waals surface area contributed by atoms with E-state index < -0.39 is 0 Å². The van der Waals surface area contributed by atoms with Crippen LogP contribution in [0, 0.1) is 0 Å². The standard InChI is InChI=1S/C15H20N2O2/c1-10(12-8-16-9-12)15(19)17(3)11(2)13-6-4-5-7-14(13)18/h4-7,11,16,18H,8-9H2,1-3H3. The van der Waals surface area contributed by atoms with Crippen LogP contribution in [0.2, 0.25) is 0 Å². The molecule has 2 rings (SSSR count). The Morgan fingerprint density at radius 3 is 2.53 bits per heavy atom. The van der Waals surface area contributed by atoms with Gasteiger partial charge in [0, 0.05) is 31.3 Å². The molecule has 4 heteroatoms. The summed E-state index contributed by atoms with van der Waals surface area (Å²) in [5.41, 5.74) is 2.74. The Labute approximate surface area is 113 Å². The summed E-state index contributed by atoms with van der Waals surface area (Å²) in [4.78, 5) is 14.0. The zero-order chi connectivity index (χ0) is 14.0. The summed E-state index contributed by atoms with van der Waals surface area (Å²) in [5.74, 6) is 0.248. The molecule has 0 radical (unpaired) electrons. The number of nitrogens with zero attached hydrogens (tertiary/aromatic N) is 1. The summed E-state index contributed by atoms with van der Waals surface area (Å²) < 4.78 is 0. The smallest absolute Gasteiger partial charge is 0.249 e. The molecule has 1 atom stereocenters. The second-order valence-electron chi connectivity index (χ2n) is 4.98. The maximum absolute atomic E-state index is 12.4. The molecule has 19 heavy (non-hydrogen) atoms. The number of para-hydroxylation sites is 1. The molecule has 0 saturated carbocycles. The van der Waals surface area contributed by atoms with Crippen molar-refractivity contribution < 1.29 is 9.90 Å². The number of likely N-dealkylation sites (N-methyl/N-ethyl adjacent to an activating group) is 1. The fourth-order valence-corrected chi connectivity index (χ4v) is 2.16. The van der Waals surface area contributed by atoms with Crippen molar-refractivity contribution in [1.82, 2.24) is 10.2 Å². The highest BCUT2D eigenvalue weighted by Gasteiger charge is 2.23. The summed E-state index contributed by atoms with van der Waals surface area (Å²) in [6.45, 7) is 5.39. The van der Waals surface area contributed by atoms with Gasteiger partial charge in [-0.15, -0.1) is 0 Å². The SMILES string of the molecule is CC(C(=O)N(C)C(C)c1ccccc1O)=C1CNC1. The largest absolute Gasteiger partial charge is 0.508 e. The predicted octanol–water partition coefficient (Wildman–Crippen LogP) is 1.83. The van der Waals surface area contributed by atoms with Crippen molar-refractivity contribution in [3.8, 4) is 5.75 Å². The average molecular weight is 260 g/mol. The maximum atomic E-state index is 12.4. The zero-order valence-corrected chi connectivity index (χ0v) is 11.6. The lowest BCUT2D eigenvalue weighted by Crippen LogP contribution is -2.38. The molecule has 102 valence electrons. The number of nitrogens with one attached hydrogen (secondary N) is 1. The van der Waals surface area contributed by atoms with E-state index in [1.807, 2.05) is 26.0 Å². The fourth-order valence-electron chi connectivity index (χ4n) is 2.16. The van der Waals surface area contributed by atoms with Crippen LogP contribution in [0.25, 0.3) is 0 Å². The Kier molecular flexibility index (Phi) is 3.90. The van der Waals surface area contributed by atoms with Crippen molar-refractivity contribution >= 4 is 5.91 Å². The number of rotatable bonds is 3. The maximum Gasteiger partial charge on any atom is 0.249 e. The van der Waals surface area contributed by atoms with Gasteiger partial charge >= 0.3 is 0 Å². The lowest BCUT2D eigenvalue weighted by Gasteiger charge is -2.29. The summed E-state index contributed by atoms with van der Waals surface area (Å²) >= 11 is 0. The molecular weight excluding hydrogens is 240 g/mol. The summed E-state index contributed by atoms with van der Waals surface area (Å²) in [6.07, 6.45) is 0. The van der Waals surface area contributed by atoms with E-state index in [4.69, 9.17) is 0 Å². The second-order valence-corrected chi connectivity index (χ2v) is 4.98. The van der Waals surface area contributed by atoms with Gasteiger partial charge < -0.3 is 15.3 Å². The number of benzene rings is 1. The Morgan fingerprint density at radius 1 is 1.37 bits per heavy atom. The molecule has 1 amide bonds. The minimum absolute atomic E-state index is 0.0206. The molecule has 2 N–H and O–H groups in total. The quantitative estimate of drug-likeness (QED) is 0.815. The Hall–Kier alpha value is -1.81. The highest BCUT2D eigenvalue weighted by Crippen LogP contribution is 2.28. The molecule has 0 spiro atoms. The van der Waals surface area contributed by atoms with Crippen LogP contribution in [0.4, 0.5) is 0 Å². The van der Waals surface area contributed by atoms with Crippen molar-refractivity contribution in [2.45, 2.75) is 19.9 Å². The Morgan fingerprint density at radius 2 is 2.00 bits per heavy atom. The average Bonchev–Trinajstić information content (AvgIpc) is 2.34. The predicted molar refractivity (Wildman–Crippen MR) is 74.9 cm³/mol. The molecular formula is C15H20N2O2. The molecule has 0 aromatic heterocycles. The van der Waals surface area contributed by atoms with Gasteiger partial charge in [0.05, 0.1) is 6.04 Å². The van der Waals surface area contributed by atoms with Crippen molar-refractivity contribution in [3.63, 3.8) is 0 Å². The van der Waals surface area contributed by atoms with E-state index in [1.165, 1.54) is 5.57 Å². The van der Waals surface area contributed by atoms with Crippen LogP contribution in [0.3, 0.4) is 0 Å². The monoisotopic (exact) mass is 260 g/mol. The molecule has 0 aliphatic carbocycles. The lowest BCUT2D eigenvalue weighted by atomic mass is 10.0. The number of carbonyl (C=O) groups is 1. The Balaban J connectivity index is 2.17. The first-order valence-corrected chi connectivity index (χ1v) is 6.46. The number of amides is 1. The molecule has 1 aromatic rings. The number of hydrogen-bond acceptors (Lipinski definition) is 3. The van der Waals surface area contributed by atoms with E-state index in [-0.39, 0.29) is 17.7 Å². The molecule has 0 bridgehead atoms. The molecule has 1 unspecified atom stereocenters. The number of phenolic OH excluding ortho intramolecular Hbond substituents is 1. The fraction of sp³-hybridized carbons (Fsp3) is 0.400. The molecule has 1 aliphatic heterocycles. The van der Waals surface area contributed by atoms with Crippen molar-refractivity contribution in [2.75, 3.05) is 20.1 Å². The van der Waals surface area contributed by atoms with Crippen molar-refractivity contribution in [2.24, 2.45) is 0 Å². The van der Waals surface area contributed by atoms with Crippen molar-refractivity contribution in [3.05, 3.63) is 41.0 Å². The minimum Gasteiger partial charge on any atom is -0.508 e. The summed E-state index contributed by atoms with van der Waals surface area (Å²) in [6, 6.07) is 6.98. The third kappa shape index (κ3) is 2.63. The number of phenols is 1. The summed E-state index contributed by atoms with van der Waals surface area (Å²) in [7, 11) is 1.77. The minimum atomic E-state index is -0.155. The number of carbonyl (C=O) groups excluding carboxylic acids is 1. The van der Waals surface area contributed by atoms with Crippen LogP contribution in [0.5, 0.6) is 5.75 Å². The van der Waals surface area contributed by atoms with Crippen LogP contribution in [0.1, 0.15) is 25.5 Å². The van der Waals surface area contributed by atoms with E-state index in [0.29, 0.717) is 0 Å². The van der Waals surface area contributed by atoms with Gasteiger partial charge in [-0.25, -0.2) is 0 Å². The molecule has 1 saturated heterocycles. The van der Waals surface area contributed by atoms with E-state index >= 15 is 0 Å². The molecule has 4 nitrogen and oxygen atoms in total. The first-order valence-electron chi connectivity index (χ1n) is 6.46. The van der Waals surface area contributed by atoms with Gasteiger partial charge in [-0.2, -0.15) is 0 Å². The van der Waals surface area contributed by atoms with Crippen LogP contribution >= 0.6 is 0 Å². The summed E-state index contributed by atoms with van der Waals surface area (Å²) in [5, 5.41) is 13.0. The highest BCUT2D eigenvalue weighted by atomic mass is 16.3. The van der Waals surface area contributed by atoms with Gasteiger partial charge in [0.25, 0.3) is 0 Å². The first kappa shape index (κ1) is 13.6. The van der Waals surface area contributed by atoms with Crippen molar-refractivity contribution in [1.29, 1.82) is 0 Å². The molecule has 1 aromatic carbocycles. The van der Waals surface area contributed by atoms with Crippen LogP contribution in [-0.4, -0.2) is 36.1 Å². The zero-order valence-electron chi connectivity index (χ0n) is 11.6. The second kappa shape index (κ2) is 5.45. The molecule has 1 aliphatic rings. The lowest BCUT2D eigenvalue weighted by molar-refractivity contribution is -0.127. The number of aromatic hydroxyl groups is 1. The Bertz CT molecular complexity index is 517. The first-order chi connectivity index (χ1) is 9.02. The van der Waals surface area contributed by atoms with E-state index in [0.717, 1.165) is 24.2 Å². The molecule has 1 heterocycles. The van der Waals surface area contributed by atoms with Crippen LogP contribution in [-0.2, 0) is 4.79 Å². The van der Waals surface area contributed by atoms with E-state index in [2.05, 4.69) is 5.32 Å². The van der Waals surface area contributed by atoms with Gasteiger partial charge in [0.15, 0.2) is 0 Å². The van der Waals surface area contributed by atoms with Gasteiger partial charge in [0.1, 0.15) is 5.75 Å². The van der Waals surface area contributed by atoms with Crippen LogP contribution in [0.15, 0.2) is 35.4 Å². The third-order valence-electron chi connectivity index (χ3n) is 3.82.